The lowest BCUT2D eigenvalue weighted by molar-refractivity contribution is 0.0502. The minimum Gasteiger partial charge on any atom is -0.378 e. The highest BCUT2D eigenvalue weighted by Crippen LogP contribution is 2.06. The van der Waals surface area contributed by atoms with Crippen molar-refractivity contribution in [2.24, 2.45) is 0 Å². The van der Waals surface area contributed by atoms with Gasteiger partial charge in [0.25, 0.3) is 0 Å². The topological polar surface area (TPSA) is 24.5 Å². The molecule has 0 aromatic carbocycles. The Morgan fingerprint density at radius 1 is 1.42 bits per heavy atom. The third kappa shape index (κ3) is 1.61. The first-order chi connectivity index (χ1) is 5.97. The van der Waals surface area contributed by atoms with Crippen LogP contribution in [0.3, 0.4) is 0 Å². The fourth-order valence-corrected chi connectivity index (χ4v) is 1.39. The Balaban J connectivity index is 1.97. The molecule has 0 aromatic rings. The summed E-state index contributed by atoms with van der Waals surface area (Å²) < 4.78 is 5.26. The first-order valence-corrected chi connectivity index (χ1v) is 4.32. The zero-order valence-electron chi connectivity index (χ0n) is 7.05. The van der Waals surface area contributed by atoms with Crippen LogP contribution in [0.2, 0.25) is 0 Å². The number of allylic oxidation sites excluding steroid dienone is 2. The molecule has 0 atom stereocenters. The number of hydrogen-bond donors (Lipinski definition) is 1. The summed E-state index contributed by atoms with van der Waals surface area (Å²) >= 11 is 0. The number of rotatable bonds is 1. The van der Waals surface area contributed by atoms with Crippen LogP contribution in [0.25, 0.3) is 0 Å². The number of hydrogen-bond acceptors (Lipinski definition) is 3. The van der Waals surface area contributed by atoms with Crippen molar-refractivity contribution in [1.82, 2.24) is 10.2 Å². The molecule has 1 fully saturated rings. The van der Waals surface area contributed by atoms with Gasteiger partial charge in [-0.05, 0) is 0 Å². The summed E-state index contributed by atoms with van der Waals surface area (Å²) in [6.45, 7) is 4.53. The number of morpholine rings is 1. The van der Waals surface area contributed by atoms with Gasteiger partial charge in [0.2, 0.25) is 0 Å². The van der Waals surface area contributed by atoms with Crippen LogP contribution in [-0.2, 0) is 4.74 Å². The highest BCUT2D eigenvalue weighted by Gasteiger charge is 2.13. The van der Waals surface area contributed by atoms with E-state index in [9.17, 15) is 0 Å². The van der Waals surface area contributed by atoms with Crippen molar-refractivity contribution in [2.75, 3.05) is 32.8 Å². The number of nitrogens with zero attached hydrogens (tertiary/aromatic N) is 1. The second kappa shape index (κ2) is 3.63. The fraction of sp³-hybridized carbons (Fsp3) is 0.556. The van der Waals surface area contributed by atoms with E-state index in [0.717, 1.165) is 38.7 Å². The molecule has 0 spiro atoms. The van der Waals surface area contributed by atoms with Gasteiger partial charge in [0, 0.05) is 25.7 Å². The third-order valence-electron chi connectivity index (χ3n) is 2.05. The van der Waals surface area contributed by atoms with Crippen molar-refractivity contribution in [2.45, 2.75) is 0 Å². The summed E-state index contributed by atoms with van der Waals surface area (Å²) in [6, 6.07) is 0. The maximum absolute atomic E-state index is 5.26. The van der Waals surface area contributed by atoms with E-state index >= 15 is 0 Å². The molecule has 2 rings (SSSR count). The maximum Gasteiger partial charge on any atom is 0.110 e. The molecule has 0 aliphatic carbocycles. The molecule has 0 aromatic heterocycles. The molecule has 3 nitrogen and oxygen atoms in total. The van der Waals surface area contributed by atoms with E-state index < -0.39 is 0 Å². The van der Waals surface area contributed by atoms with Gasteiger partial charge in [0.15, 0.2) is 0 Å². The quantitative estimate of drug-likeness (QED) is 0.597. The second-order valence-electron chi connectivity index (χ2n) is 2.88. The fourth-order valence-electron chi connectivity index (χ4n) is 1.39. The van der Waals surface area contributed by atoms with Crippen molar-refractivity contribution in [1.29, 1.82) is 0 Å². The molecule has 2 heterocycles. The van der Waals surface area contributed by atoms with Gasteiger partial charge in [-0.15, -0.1) is 0 Å². The van der Waals surface area contributed by atoms with E-state index in [1.807, 2.05) is 6.08 Å². The summed E-state index contributed by atoms with van der Waals surface area (Å²) in [5, 5.41) is 3.28. The van der Waals surface area contributed by atoms with Crippen LogP contribution in [0, 0.1) is 6.08 Å². The van der Waals surface area contributed by atoms with Crippen molar-refractivity contribution in [3.05, 3.63) is 24.0 Å². The SMILES string of the molecule is [C]1=C(N2CCOCC2)NCC=C1. The molecule has 12 heavy (non-hydrogen) atoms. The van der Waals surface area contributed by atoms with Crippen molar-refractivity contribution < 1.29 is 4.74 Å². The lowest BCUT2D eigenvalue weighted by Crippen LogP contribution is -2.40. The molecule has 0 bridgehead atoms. The lowest BCUT2D eigenvalue weighted by Gasteiger charge is -2.31. The number of nitrogens with one attached hydrogen (secondary N) is 1. The Bertz CT molecular complexity index is 205. The third-order valence-corrected chi connectivity index (χ3v) is 2.05. The van der Waals surface area contributed by atoms with Crippen molar-refractivity contribution in [3.63, 3.8) is 0 Å². The molecule has 1 saturated heterocycles. The molecule has 0 unspecified atom stereocenters. The van der Waals surface area contributed by atoms with Gasteiger partial charge in [-0.1, -0.05) is 12.2 Å². The highest BCUT2D eigenvalue weighted by molar-refractivity contribution is 5.10. The van der Waals surface area contributed by atoms with Crippen LogP contribution >= 0.6 is 0 Å². The molecule has 3 heteroatoms. The number of dihydropyridines is 1. The van der Waals surface area contributed by atoms with Crippen LogP contribution in [0.15, 0.2) is 18.0 Å². The highest BCUT2D eigenvalue weighted by atomic mass is 16.5. The first kappa shape index (κ1) is 7.68. The summed E-state index contributed by atoms with van der Waals surface area (Å²) in [4.78, 5) is 2.27. The Morgan fingerprint density at radius 3 is 2.92 bits per heavy atom. The van der Waals surface area contributed by atoms with E-state index in [1.165, 1.54) is 0 Å². The van der Waals surface area contributed by atoms with E-state index in [2.05, 4.69) is 22.4 Å². The van der Waals surface area contributed by atoms with Gasteiger partial charge < -0.3 is 15.0 Å². The molecule has 0 saturated carbocycles. The van der Waals surface area contributed by atoms with Crippen LogP contribution in [-0.4, -0.2) is 37.7 Å². The van der Waals surface area contributed by atoms with Crippen molar-refractivity contribution in [3.8, 4) is 0 Å². The second-order valence-corrected chi connectivity index (χ2v) is 2.88. The Kier molecular flexibility index (Phi) is 2.32. The normalized spacial score (nSPS) is 23.3. The molecule has 1 N–H and O–H groups in total. The summed E-state index contributed by atoms with van der Waals surface area (Å²) in [5.41, 5.74) is 0. The number of ether oxygens (including phenoxy) is 1. The van der Waals surface area contributed by atoms with E-state index in [4.69, 9.17) is 4.74 Å². The Labute approximate surface area is 72.7 Å². The van der Waals surface area contributed by atoms with Gasteiger partial charge in [-0.25, -0.2) is 0 Å². The minimum absolute atomic E-state index is 0.830. The summed E-state index contributed by atoms with van der Waals surface area (Å²) in [7, 11) is 0. The first-order valence-electron chi connectivity index (χ1n) is 4.32. The van der Waals surface area contributed by atoms with Gasteiger partial charge in [-0.3, -0.25) is 0 Å². The molecule has 65 valence electrons. The van der Waals surface area contributed by atoms with Gasteiger partial charge in [0.1, 0.15) is 5.82 Å². The van der Waals surface area contributed by atoms with Crippen LogP contribution in [0.4, 0.5) is 0 Å². The molecule has 2 aliphatic rings. The monoisotopic (exact) mass is 165 g/mol. The maximum atomic E-state index is 5.26. The lowest BCUT2D eigenvalue weighted by atomic mass is 10.3. The van der Waals surface area contributed by atoms with Crippen LogP contribution in [0.5, 0.6) is 0 Å². The molecule has 2 aliphatic heterocycles. The molecule has 0 amide bonds. The average molecular weight is 165 g/mol. The summed E-state index contributed by atoms with van der Waals surface area (Å²) in [6.07, 6.45) is 7.22. The van der Waals surface area contributed by atoms with E-state index in [0.29, 0.717) is 0 Å². The predicted molar refractivity (Wildman–Crippen MR) is 46.3 cm³/mol. The Morgan fingerprint density at radius 2 is 2.25 bits per heavy atom. The minimum atomic E-state index is 0.830. The van der Waals surface area contributed by atoms with E-state index in [-0.39, 0.29) is 0 Å². The Hall–Kier alpha value is -0.960. The zero-order chi connectivity index (χ0) is 8.23. The van der Waals surface area contributed by atoms with Crippen LogP contribution < -0.4 is 5.32 Å². The van der Waals surface area contributed by atoms with Gasteiger partial charge in [0.05, 0.1) is 13.2 Å². The largest absolute Gasteiger partial charge is 0.378 e. The van der Waals surface area contributed by atoms with Gasteiger partial charge in [-0.2, -0.15) is 0 Å². The average Bonchev–Trinajstić information content (AvgIpc) is 2.21. The van der Waals surface area contributed by atoms with E-state index in [1.54, 1.807) is 0 Å². The van der Waals surface area contributed by atoms with Crippen LogP contribution in [0.1, 0.15) is 0 Å². The van der Waals surface area contributed by atoms with Gasteiger partial charge >= 0.3 is 0 Å². The smallest absolute Gasteiger partial charge is 0.110 e. The summed E-state index contributed by atoms with van der Waals surface area (Å²) in [5.74, 6) is 1.11. The standard InChI is InChI=1S/C9H13N2O/c1-2-4-10-9(3-1)11-5-7-12-8-6-11/h1-2,10H,4-8H2. The predicted octanol–water partition coefficient (Wildman–Crippen LogP) is 0.123. The molecular weight excluding hydrogens is 152 g/mol. The zero-order valence-corrected chi connectivity index (χ0v) is 7.05. The van der Waals surface area contributed by atoms with Crippen molar-refractivity contribution >= 4 is 0 Å². The molecular formula is C9H13N2O. The molecule has 1 radical (unpaired) electrons.